The summed E-state index contributed by atoms with van der Waals surface area (Å²) in [7, 11) is 1.47. The van der Waals surface area contributed by atoms with Gasteiger partial charge < -0.3 is 49.6 Å². The minimum absolute atomic E-state index is 0.00225. The minimum Gasteiger partial charge on any atom is -0.507 e. The summed E-state index contributed by atoms with van der Waals surface area (Å²) in [4.78, 5) is 42.6. The largest absolute Gasteiger partial charge is 0.507 e. The van der Waals surface area contributed by atoms with E-state index in [4.69, 9.17) is 18.9 Å². The van der Waals surface area contributed by atoms with Crippen LogP contribution < -0.4 is 15.0 Å². The van der Waals surface area contributed by atoms with Crippen molar-refractivity contribution in [3.05, 3.63) is 53.3 Å². The molecule has 5 bridgehead atoms. The quantitative estimate of drug-likeness (QED) is 0.170. The van der Waals surface area contributed by atoms with Crippen molar-refractivity contribution in [2.75, 3.05) is 23.9 Å². The number of fused-ring (bicyclic) bond motifs is 14. The Labute approximate surface area is 328 Å². The number of nitrogens with zero attached hydrogens (tertiary/aromatic N) is 1. The zero-order chi connectivity index (χ0) is 41.4. The Balaban J connectivity index is 1.70. The molecule has 1 fully saturated rings. The van der Waals surface area contributed by atoms with Crippen molar-refractivity contribution in [2.24, 2.45) is 23.7 Å². The van der Waals surface area contributed by atoms with E-state index in [2.05, 4.69) is 17.1 Å². The fourth-order valence-corrected chi connectivity index (χ4v) is 8.33. The van der Waals surface area contributed by atoms with Crippen LogP contribution in [0.25, 0.3) is 10.8 Å². The Bertz CT molecular complexity index is 1940. The number of hydrogen-bond donors (Lipinski definition) is 5. The lowest BCUT2D eigenvalue weighted by Gasteiger charge is -2.38. The van der Waals surface area contributed by atoms with Gasteiger partial charge in [0.05, 0.1) is 41.2 Å². The van der Waals surface area contributed by atoms with Gasteiger partial charge in [0.1, 0.15) is 17.6 Å². The highest BCUT2D eigenvalue weighted by molar-refractivity contribution is 6.23. The van der Waals surface area contributed by atoms with E-state index < -0.39 is 77.3 Å². The second-order valence-electron chi connectivity index (χ2n) is 16.0. The maximum absolute atomic E-state index is 14.6. The molecule has 1 saturated heterocycles. The number of amides is 1. The molecule has 4 aliphatic rings. The molecule has 1 unspecified atom stereocenters. The molecule has 0 aromatic heterocycles. The van der Waals surface area contributed by atoms with Gasteiger partial charge in [0.2, 0.25) is 0 Å². The summed E-state index contributed by atoms with van der Waals surface area (Å²) < 4.78 is 23.9. The van der Waals surface area contributed by atoms with Gasteiger partial charge in [0.25, 0.3) is 11.7 Å². The number of benzene rings is 2. The number of aromatic hydroxyl groups is 2. The number of anilines is 2. The van der Waals surface area contributed by atoms with E-state index in [1.165, 1.54) is 27.2 Å². The Morgan fingerprint density at radius 3 is 2.30 bits per heavy atom. The fourth-order valence-electron chi connectivity index (χ4n) is 8.33. The molecule has 1 amide bonds. The molecule has 13 nitrogen and oxygen atoms in total. The van der Waals surface area contributed by atoms with E-state index in [-0.39, 0.29) is 50.7 Å². The number of Topliss-reactive ketones (excluding diaryl/α,β-unsaturated/α-hetero) is 1. The molecule has 4 heterocycles. The maximum Gasteiger partial charge on any atom is 0.312 e. The van der Waals surface area contributed by atoms with E-state index in [0.29, 0.717) is 12.2 Å². The predicted octanol–water partition coefficient (Wildman–Crippen LogP) is 6.43. The zero-order valence-corrected chi connectivity index (χ0v) is 34.1. The Kier molecular flexibility index (Phi) is 12.8. The van der Waals surface area contributed by atoms with Crippen molar-refractivity contribution in [3.63, 3.8) is 0 Å². The second-order valence-corrected chi connectivity index (χ2v) is 16.0. The van der Waals surface area contributed by atoms with E-state index in [1.54, 1.807) is 71.9 Å². The van der Waals surface area contributed by atoms with Crippen molar-refractivity contribution in [1.82, 2.24) is 0 Å². The number of piperidine rings is 1. The maximum atomic E-state index is 14.6. The number of methoxy groups -OCH3 is 1. The molecule has 0 saturated carbocycles. The Morgan fingerprint density at radius 1 is 0.964 bits per heavy atom. The number of carbonyl (C=O) groups is 3. The average molecular weight is 779 g/mol. The van der Waals surface area contributed by atoms with E-state index in [9.17, 15) is 34.8 Å². The van der Waals surface area contributed by atoms with Gasteiger partial charge in [-0.25, -0.2) is 0 Å². The van der Waals surface area contributed by atoms with Gasteiger partial charge in [-0.2, -0.15) is 0 Å². The number of aliphatic hydroxyl groups excluding tert-OH is 2. The van der Waals surface area contributed by atoms with E-state index in [1.807, 2.05) is 0 Å². The summed E-state index contributed by atoms with van der Waals surface area (Å²) >= 11 is 0. The number of phenols is 2. The summed E-state index contributed by atoms with van der Waals surface area (Å²) in [5.41, 5.74) is 1.21. The van der Waals surface area contributed by atoms with Gasteiger partial charge in [0, 0.05) is 79.4 Å². The molecule has 0 radical (unpaired) electrons. The fraction of sp³-hybridized carbons (Fsp3) is 0.558. The number of nitrogens with one attached hydrogen (secondary N) is 1. The van der Waals surface area contributed by atoms with Gasteiger partial charge >= 0.3 is 11.8 Å². The van der Waals surface area contributed by atoms with E-state index >= 15 is 0 Å². The van der Waals surface area contributed by atoms with Gasteiger partial charge in [-0.05, 0) is 52.2 Å². The molecule has 13 heteroatoms. The number of carbonyl (C=O) groups excluding carboxylic acids is 3. The van der Waals surface area contributed by atoms with Gasteiger partial charge in [-0.15, -0.1) is 0 Å². The van der Waals surface area contributed by atoms with Crippen LogP contribution in [-0.2, 0) is 23.8 Å². The molecule has 306 valence electrons. The van der Waals surface area contributed by atoms with Gasteiger partial charge in [-0.3, -0.25) is 14.4 Å². The number of rotatable bonds is 3. The molecule has 2 aromatic carbocycles. The summed E-state index contributed by atoms with van der Waals surface area (Å²) in [6.07, 6.45) is 6.85. The van der Waals surface area contributed by atoms with E-state index in [0.717, 1.165) is 19.3 Å². The van der Waals surface area contributed by atoms with Crippen LogP contribution in [0.4, 0.5) is 11.4 Å². The minimum atomic E-state index is -1.90. The molecule has 0 spiro atoms. The molecular formula is C43H58N2O11. The van der Waals surface area contributed by atoms with Crippen molar-refractivity contribution in [1.29, 1.82) is 0 Å². The first-order valence-corrected chi connectivity index (χ1v) is 19.5. The van der Waals surface area contributed by atoms with Crippen LogP contribution in [-0.4, -0.2) is 88.0 Å². The first-order valence-electron chi connectivity index (χ1n) is 19.5. The number of ether oxygens (including phenoxy) is 4. The van der Waals surface area contributed by atoms with Crippen LogP contribution in [0.15, 0.2) is 42.2 Å². The first kappa shape index (κ1) is 42.6. The summed E-state index contributed by atoms with van der Waals surface area (Å²) in [5, 5.41) is 49.4. The van der Waals surface area contributed by atoms with Crippen molar-refractivity contribution >= 4 is 39.8 Å². The molecule has 6 rings (SSSR count). The highest BCUT2D eigenvalue weighted by atomic mass is 16.7. The van der Waals surface area contributed by atoms with Crippen molar-refractivity contribution in [2.45, 2.75) is 118 Å². The van der Waals surface area contributed by atoms with Crippen LogP contribution in [0.2, 0.25) is 0 Å². The van der Waals surface area contributed by atoms with Crippen LogP contribution in [0.1, 0.15) is 90.6 Å². The van der Waals surface area contributed by atoms with Crippen LogP contribution in [0.5, 0.6) is 17.2 Å². The summed E-state index contributed by atoms with van der Waals surface area (Å²) in [6.45, 7) is 15.7. The molecule has 2 aromatic rings. The number of esters is 1. The third-order valence-electron chi connectivity index (χ3n) is 11.9. The second kappa shape index (κ2) is 16.9. The monoisotopic (exact) mass is 778 g/mol. The molecular weight excluding hydrogens is 720 g/mol. The van der Waals surface area contributed by atoms with Gasteiger partial charge in [-0.1, -0.05) is 45.9 Å². The standard InChI is InChI=1S/C43H58N2O11/c1-21-14-13-15-22(2)42(52)44-29-20-30(45-18-12-11-16-23(45)3)32-33(38(29)50)37(49)27(7)40-34(32)41(51)43(9,56-40)54-19-17-31(53-10)24(4)39(55-28(8)46)26(6)36(48)25(5)35(21)47/h13-15,17,19-21,23-26,31,35-36,39,47-50H,11-12,16,18H2,1-10H3,(H,44,52)/b14-13+,19-17+,22-15-/t21-,23?,24+,25+,26+,31-,35-,36+,39+,43-/m0/s1. The first-order chi connectivity index (χ1) is 26.3. The van der Waals surface area contributed by atoms with Crippen molar-refractivity contribution < 1.29 is 53.8 Å². The average Bonchev–Trinajstić information content (AvgIpc) is 3.42. The lowest BCUT2D eigenvalue weighted by Crippen LogP contribution is -2.46. The summed E-state index contributed by atoms with van der Waals surface area (Å²) in [6, 6.07) is 1.67. The lowest BCUT2D eigenvalue weighted by atomic mass is 9.78. The number of ketones is 1. The highest BCUT2D eigenvalue weighted by Crippen LogP contribution is 2.54. The zero-order valence-electron chi connectivity index (χ0n) is 34.1. The third-order valence-corrected chi connectivity index (χ3v) is 11.9. The number of allylic oxidation sites excluding steroid dienone is 2. The SMILES string of the molecule is CO[C@H]1/C=C/O[C@@]2(C)Oc3c(C)c(O)c4c(O)c(cc(N5CCCCC5C)c4c3C2=O)NC(=O)/C(C)=C\C=C\[C@H](C)[C@H](O)[C@@H](C)[C@@H](O)[C@@H](C)[C@H](OC(C)=O)[C@@H]1C. The molecule has 5 N–H and O–H groups in total. The molecule has 4 aliphatic heterocycles. The lowest BCUT2D eigenvalue weighted by molar-refractivity contribution is -0.160. The van der Waals surface area contributed by atoms with Crippen LogP contribution >= 0.6 is 0 Å². The number of aliphatic hydroxyl groups is 2. The summed E-state index contributed by atoms with van der Waals surface area (Å²) in [5.74, 6) is -6.44. The number of hydrogen-bond acceptors (Lipinski definition) is 12. The predicted molar refractivity (Wildman–Crippen MR) is 213 cm³/mol. The Hall–Kier alpha value is -4.59. The molecule has 0 aliphatic carbocycles. The van der Waals surface area contributed by atoms with Crippen LogP contribution in [0.3, 0.4) is 0 Å². The number of phenolic OH excluding ortho intramolecular Hbond substituents is 2. The van der Waals surface area contributed by atoms with Gasteiger partial charge in [0.15, 0.2) is 5.75 Å². The smallest absolute Gasteiger partial charge is 0.312 e. The van der Waals surface area contributed by atoms with Crippen molar-refractivity contribution in [3.8, 4) is 17.2 Å². The normalized spacial score (nSPS) is 34.0. The topological polar surface area (TPSA) is 184 Å². The molecule has 10 atom stereocenters. The third kappa shape index (κ3) is 7.99. The molecule has 56 heavy (non-hydrogen) atoms. The van der Waals surface area contributed by atoms with Crippen LogP contribution in [0, 0.1) is 30.6 Å². The Morgan fingerprint density at radius 2 is 1.66 bits per heavy atom. The highest BCUT2D eigenvalue weighted by Gasteiger charge is 2.50.